The summed E-state index contributed by atoms with van der Waals surface area (Å²) >= 11 is 3.69. The van der Waals surface area contributed by atoms with Gasteiger partial charge in [-0.2, -0.15) is 35.1 Å². The summed E-state index contributed by atoms with van der Waals surface area (Å²) in [5.41, 5.74) is 0. The average Bonchev–Trinajstić information content (AvgIpc) is 2.01. The molecule has 0 spiro atoms. The molecule has 0 N–H and O–H groups in total. The first-order valence-corrected chi connectivity index (χ1v) is 4.00. The Labute approximate surface area is 89.9 Å². The second-order valence-electron chi connectivity index (χ2n) is 2.84. The first-order chi connectivity index (χ1) is 6.81. The highest BCUT2D eigenvalue weighted by molar-refractivity contribution is 6.22. The van der Waals surface area contributed by atoms with Gasteiger partial charge >= 0.3 is 23.1 Å². The fourth-order valence-corrected chi connectivity index (χ4v) is 0.836. The van der Waals surface area contributed by atoms with E-state index < -0.39 is 29.6 Å². The lowest BCUT2D eigenvalue weighted by Crippen LogP contribution is -2.60. The van der Waals surface area contributed by atoms with E-state index in [0.29, 0.717) is 0 Å². The summed E-state index contributed by atoms with van der Waals surface area (Å²) in [6, 6.07) is 0. The van der Waals surface area contributed by atoms with E-state index in [1.54, 1.807) is 0 Å². The van der Waals surface area contributed by atoms with Crippen LogP contribution >= 0.6 is 11.6 Å². The summed E-state index contributed by atoms with van der Waals surface area (Å²) in [6.07, 6.45) is -1.68. The van der Waals surface area contributed by atoms with Crippen LogP contribution in [-0.4, -0.2) is 23.1 Å². The molecule has 0 amide bonds. The minimum absolute atomic E-state index is 0.205. The van der Waals surface area contributed by atoms with Gasteiger partial charge in [-0.1, -0.05) is 6.08 Å². The highest BCUT2D eigenvalue weighted by atomic mass is 35.5. The topological polar surface area (TPSA) is 0 Å². The van der Waals surface area contributed by atoms with E-state index in [1.165, 1.54) is 0 Å². The number of hydrogen-bond acceptors (Lipinski definition) is 0. The molecule has 0 aromatic carbocycles. The predicted molar refractivity (Wildman–Crippen MR) is 40.5 cm³/mol. The lowest BCUT2D eigenvalue weighted by molar-refractivity contribution is -0.346. The summed E-state index contributed by atoms with van der Waals surface area (Å²) < 4.78 is 98.8. The van der Waals surface area contributed by atoms with Crippen molar-refractivity contribution < 1.29 is 35.1 Å². The van der Waals surface area contributed by atoms with Crippen LogP contribution in [0.4, 0.5) is 35.1 Å². The molecule has 0 bridgehead atoms. The molecule has 0 aromatic heterocycles. The van der Waals surface area contributed by atoms with Crippen LogP contribution in [0.2, 0.25) is 0 Å². The SMILES string of the molecule is C=CCC(F)(F)C(F)(F)C(F)(F)C(F)(F)Cl. The van der Waals surface area contributed by atoms with Crippen molar-refractivity contribution in [2.45, 2.75) is 29.6 Å². The van der Waals surface area contributed by atoms with Crippen LogP contribution in [0.15, 0.2) is 12.7 Å². The maximum Gasteiger partial charge on any atom is 0.392 e. The van der Waals surface area contributed by atoms with Crippen LogP contribution in [0.5, 0.6) is 0 Å². The van der Waals surface area contributed by atoms with Crippen molar-refractivity contribution in [3.63, 3.8) is 0 Å². The fourth-order valence-electron chi connectivity index (χ4n) is 0.717. The van der Waals surface area contributed by atoms with Gasteiger partial charge in [0.15, 0.2) is 0 Å². The zero-order chi connectivity index (χ0) is 13.4. The van der Waals surface area contributed by atoms with Crippen molar-refractivity contribution in [3.8, 4) is 0 Å². The minimum atomic E-state index is -6.38. The molecule has 0 aliphatic heterocycles. The Kier molecular flexibility index (Phi) is 3.91. The van der Waals surface area contributed by atoms with E-state index in [2.05, 4.69) is 18.2 Å². The number of hydrogen-bond donors (Lipinski definition) is 0. The van der Waals surface area contributed by atoms with E-state index >= 15 is 0 Å². The summed E-state index contributed by atoms with van der Waals surface area (Å²) in [6.45, 7) is 2.62. The van der Waals surface area contributed by atoms with Crippen LogP contribution in [-0.2, 0) is 0 Å². The van der Waals surface area contributed by atoms with E-state index in [0.717, 1.165) is 0 Å². The van der Waals surface area contributed by atoms with Crippen molar-refractivity contribution in [2.24, 2.45) is 0 Å². The third kappa shape index (κ3) is 2.26. The van der Waals surface area contributed by atoms with Gasteiger partial charge in [-0.05, 0) is 11.6 Å². The Morgan fingerprint density at radius 2 is 1.25 bits per heavy atom. The van der Waals surface area contributed by atoms with Crippen molar-refractivity contribution >= 4 is 11.6 Å². The largest absolute Gasteiger partial charge is 0.392 e. The monoisotopic (exact) mass is 276 g/mol. The summed E-state index contributed by atoms with van der Waals surface area (Å²) in [5.74, 6) is -18.1. The van der Waals surface area contributed by atoms with Gasteiger partial charge in [0.25, 0.3) is 0 Å². The Morgan fingerprint density at radius 1 is 0.875 bits per heavy atom. The third-order valence-corrected chi connectivity index (χ3v) is 1.85. The van der Waals surface area contributed by atoms with Gasteiger partial charge in [0, 0.05) is 6.42 Å². The summed E-state index contributed by atoms with van der Waals surface area (Å²) in [4.78, 5) is 0. The van der Waals surface area contributed by atoms with E-state index in [9.17, 15) is 35.1 Å². The number of rotatable bonds is 5. The number of alkyl halides is 9. The molecule has 0 aliphatic rings. The van der Waals surface area contributed by atoms with Gasteiger partial charge in [-0.15, -0.1) is 6.58 Å². The molecule has 96 valence electrons. The van der Waals surface area contributed by atoms with Crippen LogP contribution < -0.4 is 0 Å². The number of halogens is 9. The Morgan fingerprint density at radius 3 is 1.50 bits per heavy atom. The maximum atomic E-state index is 12.6. The van der Waals surface area contributed by atoms with Crippen molar-refractivity contribution in [1.82, 2.24) is 0 Å². The fraction of sp³-hybridized carbons (Fsp3) is 0.714. The van der Waals surface area contributed by atoms with Crippen LogP contribution in [0.1, 0.15) is 6.42 Å². The van der Waals surface area contributed by atoms with Crippen LogP contribution in [0, 0.1) is 0 Å². The molecular weight excluding hydrogens is 272 g/mol. The molecule has 0 saturated heterocycles. The molecule has 16 heavy (non-hydrogen) atoms. The molecule has 0 unspecified atom stereocenters. The Bertz CT molecular complexity index is 266. The smallest absolute Gasteiger partial charge is 0.199 e. The highest BCUT2D eigenvalue weighted by Crippen LogP contribution is 2.54. The molecule has 0 nitrogen and oxygen atoms in total. The molecule has 0 aliphatic carbocycles. The normalized spacial score (nSPS) is 15.1. The Balaban J connectivity index is 5.42. The maximum absolute atomic E-state index is 12.6. The second kappa shape index (κ2) is 4.05. The average molecular weight is 277 g/mol. The van der Waals surface area contributed by atoms with Gasteiger partial charge in [0.05, 0.1) is 0 Å². The molecule has 9 heteroatoms. The quantitative estimate of drug-likeness (QED) is 0.399. The van der Waals surface area contributed by atoms with E-state index in [4.69, 9.17) is 0 Å². The molecule has 0 fully saturated rings. The van der Waals surface area contributed by atoms with Gasteiger partial charge < -0.3 is 0 Å². The zero-order valence-corrected chi connectivity index (χ0v) is 8.15. The lowest BCUT2D eigenvalue weighted by Gasteiger charge is -2.33. The summed E-state index contributed by atoms with van der Waals surface area (Å²) in [7, 11) is 0. The zero-order valence-electron chi connectivity index (χ0n) is 7.39. The molecule has 0 heterocycles. The van der Waals surface area contributed by atoms with Gasteiger partial charge in [0.2, 0.25) is 0 Å². The predicted octanol–water partition coefficient (Wildman–Crippen LogP) is 4.30. The summed E-state index contributed by atoms with van der Waals surface area (Å²) in [5, 5.41) is -5.79. The second-order valence-corrected chi connectivity index (χ2v) is 3.32. The van der Waals surface area contributed by atoms with Gasteiger partial charge in [-0.25, -0.2) is 0 Å². The molecular formula is C7H5ClF8. The van der Waals surface area contributed by atoms with Gasteiger partial charge in [-0.3, -0.25) is 0 Å². The number of allylic oxidation sites excluding steroid dienone is 1. The Hall–Kier alpha value is -0.530. The standard InChI is InChI=1S/C7H5ClF8/c1-2-3-4(9,10)5(11,12)6(13,14)7(8,15)16/h2H,1,3H2. The van der Waals surface area contributed by atoms with E-state index in [-0.39, 0.29) is 6.08 Å². The first kappa shape index (κ1) is 15.5. The lowest BCUT2D eigenvalue weighted by atomic mass is 10.0. The molecule has 0 rings (SSSR count). The van der Waals surface area contributed by atoms with Crippen molar-refractivity contribution in [1.29, 1.82) is 0 Å². The van der Waals surface area contributed by atoms with Crippen LogP contribution in [0.25, 0.3) is 0 Å². The van der Waals surface area contributed by atoms with Crippen LogP contribution in [0.3, 0.4) is 0 Å². The van der Waals surface area contributed by atoms with Crippen molar-refractivity contribution in [2.75, 3.05) is 0 Å². The van der Waals surface area contributed by atoms with Gasteiger partial charge in [0.1, 0.15) is 0 Å². The first-order valence-electron chi connectivity index (χ1n) is 3.62. The van der Waals surface area contributed by atoms with E-state index in [1.807, 2.05) is 0 Å². The third-order valence-electron chi connectivity index (χ3n) is 1.61. The minimum Gasteiger partial charge on any atom is -0.199 e. The molecule has 0 saturated carbocycles. The molecule has 0 atom stereocenters. The highest BCUT2D eigenvalue weighted by Gasteiger charge is 2.79. The molecule has 0 aromatic rings. The van der Waals surface area contributed by atoms with Crippen molar-refractivity contribution in [3.05, 3.63) is 12.7 Å². The molecule has 0 radical (unpaired) electrons.